The minimum atomic E-state index is 0.148. The van der Waals surface area contributed by atoms with Crippen molar-refractivity contribution in [3.8, 4) is 5.75 Å². The lowest BCUT2D eigenvalue weighted by molar-refractivity contribution is 0.256. The molecule has 0 heterocycles. The molecule has 0 bridgehead atoms. The molecule has 0 aliphatic rings. The smallest absolute Gasteiger partial charge is 0.119 e. The van der Waals surface area contributed by atoms with Crippen LogP contribution in [0.5, 0.6) is 5.75 Å². The Morgan fingerprint density at radius 2 is 1.86 bits per heavy atom. The molecular formula is C12H19NO. The standard InChI is InChI=1S/C12H19NO/c1-12(2,13-3)9-10-14-11-7-5-4-6-8-11/h4-8,13H,9-10H2,1-3H3. The summed E-state index contributed by atoms with van der Waals surface area (Å²) < 4.78 is 5.60. The van der Waals surface area contributed by atoms with E-state index in [2.05, 4.69) is 19.2 Å². The van der Waals surface area contributed by atoms with Gasteiger partial charge in [0, 0.05) is 5.54 Å². The zero-order chi connectivity index (χ0) is 10.4. The van der Waals surface area contributed by atoms with Gasteiger partial charge < -0.3 is 10.1 Å². The Bertz CT molecular complexity index is 256. The first-order valence-electron chi connectivity index (χ1n) is 5.01. The van der Waals surface area contributed by atoms with Gasteiger partial charge in [0.05, 0.1) is 6.61 Å². The highest BCUT2D eigenvalue weighted by Gasteiger charge is 2.13. The molecule has 1 N–H and O–H groups in total. The van der Waals surface area contributed by atoms with Crippen molar-refractivity contribution in [3.63, 3.8) is 0 Å². The second kappa shape index (κ2) is 5.01. The molecule has 0 spiro atoms. The highest BCUT2D eigenvalue weighted by atomic mass is 16.5. The molecule has 1 aromatic rings. The fourth-order valence-electron chi connectivity index (χ4n) is 1.07. The Labute approximate surface area is 86.3 Å². The van der Waals surface area contributed by atoms with Crippen LogP contribution in [0, 0.1) is 0 Å². The Hall–Kier alpha value is -1.02. The molecule has 0 aliphatic carbocycles. The van der Waals surface area contributed by atoms with Crippen molar-refractivity contribution in [2.45, 2.75) is 25.8 Å². The lowest BCUT2D eigenvalue weighted by Crippen LogP contribution is -2.37. The predicted octanol–water partition coefficient (Wildman–Crippen LogP) is 2.45. The third kappa shape index (κ3) is 3.79. The topological polar surface area (TPSA) is 21.3 Å². The summed E-state index contributed by atoms with van der Waals surface area (Å²) in [7, 11) is 1.97. The van der Waals surface area contributed by atoms with Gasteiger partial charge in [-0.15, -0.1) is 0 Å². The number of para-hydroxylation sites is 1. The van der Waals surface area contributed by atoms with Gasteiger partial charge in [-0.3, -0.25) is 0 Å². The Morgan fingerprint density at radius 3 is 2.43 bits per heavy atom. The van der Waals surface area contributed by atoms with E-state index in [1.807, 2.05) is 37.4 Å². The van der Waals surface area contributed by atoms with Gasteiger partial charge in [0.25, 0.3) is 0 Å². The summed E-state index contributed by atoms with van der Waals surface area (Å²) >= 11 is 0. The number of benzene rings is 1. The minimum absolute atomic E-state index is 0.148. The van der Waals surface area contributed by atoms with Crippen molar-refractivity contribution in [2.24, 2.45) is 0 Å². The summed E-state index contributed by atoms with van der Waals surface area (Å²) in [4.78, 5) is 0. The van der Waals surface area contributed by atoms with Crippen molar-refractivity contribution in [2.75, 3.05) is 13.7 Å². The van der Waals surface area contributed by atoms with Gasteiger partial charge in [-0.1, -0.05) is 18.2 Å². The molecule has 0 aliphatic heterocycles. The second-order valence-electron chi connectivity index (χ2n) is 4.05. The molecule has 0 unspecified atom stereocenters. The molecule has 0 saturated heterocycles. The van der Waals surface area contributed by atoms with E-state index < -0.39 is 0 Å². The molecule has 0 aromatic heterocycles. The number of ether oxygens (including phenoxy) is 1. The maximum absolute atomic E-state index is 5.60. The zero-order valence-electron chi connectivity index (χ0n) is 9.21. The van der Waals surface area contributed by atoms with E-state index in [1.165, 1.54) is 0 Å². The second-order valence-corrected chi connectivity index (χ2v) is 4.05. The quantitative estimate of drug-likeness (QED) is 0.775. The molecule has 2 heteroatoms. The van der Waals surface area contributed by atoms with Crippen LogP contribution in [0.1, 0.15) is 20.3 Å². The highest BCUT2D eigenvalue weighted by Crippen LogP contribution is 2.11. The first kappa shape index (κ1) is 11.1. The van der Waals surface area contributed by atoms with Gasteiger partial charge in [0.1, 0.15) is 5.75 Å². The van der Waals surface area contributed by atoms with E-state index >= 15 is 0 Å². The number of rotatable bonds is 5. The molecule has 1 aromatic carbocycles. The Kier molecular flexibility index (Phi) is 3.96. The third-order valence-corrected chi connectivity index (χ3v) is 2.42. The van der Waals surface area contributed by atoms with Crippen molar-refractivity contribution < 1.29 is 4.74 Å². The zero-order valence-corrected chi connectivity index (χ0v) is 9.21. The average Bonchev–Trinajstić information content (AvgIpc) is 2.19. The fourth-order valence-corrected chi connectivity index (χ4v) is 1.07. The van der Waals surface area contributed by atoms with Gasteiger partial charge in [-0.25, -0.2) is 0 Å². The van der Waals surface area contributed by atoms with Gasteiger partial charge in [0.2, 0.25) is 0 Å². The van der Waals surface area contributed by atoms with Crippen LogP contribution in [0.4, 0.5) is 0 Å². The van der Waals surface area contributed by atoms with E-state index in [9.17, 15) is 0 Å². The van der Waals surface area contributed by atoms with Gasteiger partial charge in [-0.05, 0) is 39.4 Å². The van der Waals surface area contributed by atoms with Gasteiger partial charge >= 0.3 is 0 Å². The summed E-state index contributed by atoms with van der Waals surface area (Å²) in [6, 6.07) is 9.92. The molecule has 14 heavy (non-hydrogen) atoms. The van der Waals surface area contributed by atoms with Crippen molar-refractivity contribution in [1.29, 1.82) is 0 Å². The van der Waals surface area contributed by atoms with E-state index in [1.54, 1.807) is 0 Å². The largest absolute Gasteiger partial charge is 0.494 e. The van der Waals surface area contributed by atoms with Gasteiger partial charge in [-0.2, -0.15) is 0 Å². The minimum Gasteiger partial charge on any atom is -0.494 e. The first-order valence-corrected chi connectivity index (χ1v) is 5.01. The SMILES string of the molecule is CNC(C)(C)CCOc1ccccc1. The van der Waals surface area contributed by atoms with Crippen LogP contribution in [0.15, 0.2) is 30.3 Å². The maximum Gasteiger partial charge on any atom is 0.119 e. The molecule has 0 saturated carbocycles. The van der Waals surface area contributed by atoms with Crippen LogP contribution in [-0.4, -0.2) is 19.2 Å². The van der Waals surface area contributed by atoms with Crippen molar-refractivity contribution in [1.82, 2.24) is 5.32 Å². The molecule has 0 radical (unpaired) electrons. The molecule has 78 valence electrons. The average molecular weight is 193 g/mol. The predicted molar refractivity (Wildman–Crippen MR) is 59.7 cm³/mol. The Balaban J connectivity index is 2.29. The van der Waals surface area contributed by atoms with Crippen LogP contribution in [-0.2, 0) is 0 Å². The molecule has 0 atom stereocenters. The van der Waals surface area contributed by atoms with Gasteiger partial charge in [0.15, 0.2) is 0 Å². The highest BCUT2D eigenvalue weighted by molar-refractivity contribution is 5.20. The molecule has 0 amide bonds. The summed E-state index contributed by atoms with van der Waals surface area (Å²) in [5.74, 6) is 0.944. The summed E-state index contributed by atoms with van der Waals surface area (Å²) in [6.45, 7) is 5.08. The van der Waals surface area contributed by atoms with Crippen LogP contribution < -0.4 is 10.1 Å². The monoisotopic (exact) mass is 193 g/mol. The Morgan fingerprint density at radius 1 is 1.21 bits per heavy atom. The molecular weight excluding hydrogens is 174 g/mol. The summed E-state index contributed by atoms with van der Waals surface area (Å²) in [5.41, 5.74) is 0.148. The lowest BCUT2D eigenvalue weighted by Gasteiger charge is -2.23. The van der Waals surface area contributed by atoms with Crippen LogP contribution in [0.25, 0.3) is 0 Å². The number of nitrogens with one attached hydrogen (secondary N) is 1. The van der Waals surface area contributed by atoms with Crippen molar-refractivity contribution >= 4 is 0 Å². The fraction of sp³-hybridized carbons (Fsp3) is 0.500. The number of hydrogen-bond acceptors (Lipinski definition) is 2. The molecule has 2 nitrogen and oxygen atoms in total. The number of hydrogen-bond donors (Lipinski definition) is 1. The van der Waals surface area contributed by atoms with Crippen LogP contribution in [0.2, 0.25) is 0 Å². The van der Waals surface area contributed by atoms with E-state index in [0.717, 1.165) is 18.8 Å². The first-order chi connectivity index (χ1) is 6.64. The third-order valence-electron chi connectivity index (χ3n) is 2.42. The van der Waals surface area contributed by atoms with E-state index in [0.29, 0.717) is 0 Å². The molecule has 1 rings (SSSR count). The lowest BCUT2D eigenvalue weighted by atomic mass is 10.0. The van der Waals surface area contributed by atoms with Crippen LogP contribution >= 0.6 is 0 Å². The van der Waals surface area contributed by atoms with E-state index in [4.69, 9.17) is 4.74 Å². The summed E-state index contributed by atoms with van der Waals surface area (Å²) in [6.07, 6.45) is 0.998. The van der Waals surface area contributed by atoms with E-state index in [-0.39, 0.29) is 5.54 Å². The normalized spacial score (nSPS) is 11.4. The maximum atomic E-state index is 5.60. The summed E-state index contributed by atoms with van der Waals surface area (Å²) in [5, 5.41) is 3.25. The van der Waals surface area contributed by atoms with Crippen LogP contribution in [0.3, 0.4) is 0 Å². The molecule has 0 fully saturated rings. The van der Waals surface area contributed by atoms with Crippen molar-refractivity contribution in [3.05, 3.63) is 30.3 Å².